The number of ether oxygens (including phenoxy) is 1. The number of carbonyl (C=O) groups is 2. The van der Waals surface area contributed by atoms with Crippen molar-refractivity contribution in [1.29, 1.82) is 0 Å². The summed E-state index contributed by atoms with van der Waals surface area (Å²) in [6.45, 7) is 0. The van der Waals surface area contributed by atoms with Gasteiger partial charge in [0.25, 0.3) is 0 Å². The van der Waals surface area contributed by atoms with Crippen molar-refractivity contribution in [2.75, 3.05) is 0 Å². The van der Waals surface area contributed by atoms with E-state index in [-0.39, 0.29) is 12.8 Å². The Morgan fingerprint density at radius 3 is 2.45 bits per heavy atom. The maximum Gasteiger partial charge on any atom is 0.446 e. The molecule has 1 saturated carbocycles. The van der Waals surface area contributed by atoms with Crippen molar-refractivity contribution >= 4 is 23.8 Å². The molecule has 1 fully saturated rings. The maximum atomic E-state index is 13.7. The standard InChI is InChI=1S/C9H10F4O6S/c10-8(9(11,12)13,20-19-18-16)7(15)17-6-4-2-1-3-5(6)14/h6,16H,1-4H2/p-1. The normalized spacial score (nSPS) is 23.2. The van der Waals surface area contributed by atoms with Crippen molar-refractivity contribution in [3.8, 4) is 0 Å². The lowest BCUT2D eigenvalue weighted by atomic mass is 9.96. The van der Waals surface area contributed by atoms with Crippen LogP contribution in [-0.2, 0) is 23.7 Å². The lowest BCUT2D eigenvalue weighted by Crippen LogP contribution is -2.48. The highest BCUT2D eigenvalue weighted by Crippen LogP contribution is 2.44. The first-order valence-corrected chi connectivity index (χ1v) is 6.10. The van der Waals surface area contributed by atoms with Crippen molar-refractivity contribution in [3.63, 3.8) is 0 Å². The van der Waals surface area contributed by atoms with Crippen molar-refractivity contribution in [1.82, 2.24) is 0 Å². The molecule has 0 aromatic carbocycles. The molecule has 0 heterocycles. The van der Waals surface area contributed by atoms with Crippen molar-refractivity contribution in [2.45, 2.75) is 43.0 Å². The summed E-state index contributed by atoms with van der Waals surface area (Å²) in [5.74, 6) is -2.95. The third kappa shape index (κ3) is 3.81. The first kappa shape index (κ1) is 17.1. The number of hydrogen-bond acceptors (Lipinski definition) is 7. The number of rotatable bonds is 5. The Balaban J connectivity index is 2.80. The fraction of sp³-hybridized carbons (Fsp3) is 0.778. The van der Waals surface area contributed by atoms with Crippen LogP contribution < -0.4 is 5.26 Å². The Hall–Kier alpha value is -0.910. The van der Waals surface area contributed by atoms with E-state index < -0.39 is 41.1 Å². The SMILES string of the molecule is O=C1CCCCC1OC(=O)C(F)(SOO[O-])C(F)(F)F. The number of hydrogen-bond donors (Lipinski definition) is 0. The van der Waals surface area contributed by atoms with E-state index in [1.54, 1.807) is 0 Å². The number of carbonyl (C=O) groups excluding carboxylic acids is 2. The van der Waals surface area contributed by atoms with E-state index in [0.29, 0.717) is 12.8 Å². The fourth-order valence-corrected chi connectivity index (χ4v) is 1.87. The summed E-state index contributed by atoms with van der Waals surface area (Å²) < 4.78 is 58.7. The highest BCUT2D eigenvalue weighted by molar-refractivity contribution is 7.96. The molecular weight excluding hydrogens is 312 g/mol. The number of halogens is 4. The number of alkyl halides is 4. The summed E-state index contributed by atoms with van der Waals surface area (Å²) in [7, 11) is 0. The second-order valence-corrected chi connectivity index (χ2v) is 4.78. The topological polar surface area (TPSA) is 84.9 Å². The monoisotopic (exact) mass is 321 g/mol. The second kappa shape index (κ2) is 6.70. The van der Waals surface area contributed by atoms with Crippen LogP contribution in [-0.4, -0.2) is 29.0 Å². The third-order valence-electron chi connectivity index (χ3n) is 2.55. The molecule has 0 radical (unpaired) electrons. The van der Waals surface area contributed by atoms with Gasteiger partial charge in [-0.05, 0) is 19.3 Å². The van der Waals surface area contributed by atoms with Crippen molar-refractivity contribution in [2.24, 2.45) is 0 Å². The summed E-state index contributed by atoms with van der Waals surface area (Å²) in [5.41, 5.74) is 0. The predicted molar refractivity (Wildman–Crippen MR) is 53.0 cm³/mol. The van der Waals surface area contributed by atoms with Crippen molar-refractivity contribution in [3.05, 3.63) is 0 Å². The molecule has 11 heteroatoms. The molecule has 0 aliphatic heterocycles. The number of esters is 1. The molecule has 1 aliphatic rings. The van der Waals surface area contributed by atoms with Crippen LogP contribution in [0.1, 0.15) is 25.7 Å². The average molecular weight is 321 g/mol. The minimum Gasteiger partial charge on any atom is -0.691 e. The Bertz CT molecular complexity index is 376. The predicted octanol–water partition coefficient (Wildman–Crippen LogP) is 1.14. The lowest BCUT2D eigenvalue weighted by Gasteiger charge is -2.27. The van der Waals surface area contributed by atoms with Crippen LogP contribution >= 0.6 is 12.0 Å². The van der Waals surface area contributed by atoms with Crippen LogP contribution in [0.5, 0.6) is 0 Å². The smallest absolute Gasteiger partial charge is 0.446 e. The number of ketones is 1. The molecule has 116 valence electrons. The van der Waals surface area contributed by atoms with Gasteiger partial charge in [0.15, 0.2) is 11.9 Å². The van der Waals surface area contributed by atoms with E-state index in [1.807, 2.05) is 0 Å². The van der Waals surface area contributed by atoms with Gasteiger partial charge in [0, 0.05) is 6.42 Å². The van der Waals surface area contributed by atoms with Gasteiger partial charge in [-0.3, -0.25) is 9.83 Å². The van der Waals surface area contributed by atoms with Gasteiger partial charge in [-0.2, -0.15) is 17.5 Å². The van der Waals surface area contributed by atoms with E-state index >= 15 is 0 Å². The molecule has 1 aliphatic carbocycles. The van der Waals surface area contributed by atoms with Crippen molar-refractivity contribution < 1.29 is 46.5 Å². The average Bonchev–Trinajstić information content (AvgIpc) is 2.37. The minimum absolute atomic E-state index is 0.0160. The molecule has 0 aromatic rings. The second-order valence-electron chi connectivity index (χ2n) is 3.92. The molecule has 0 N–H and O–H groups in total. The molecule has 2 atom stereocenters. The molecule has 1 rings (SSSR count). The summed E-state index contributed by atoms with van der Waals surface area (Å²) in [5, 5.41) is 7.42. The van der Waals surface area contributed by atoms with Gasteiger partial charge in [-0.15, -0.1) is 0 Å². The quantitative estimate of drug-likeness (QED) is 0.247. The van der Waals surface area contributed by atoms with Gasteiger partial charge in [-0.25, -0.2) is 9.18 Å². The van der Waals surface area contributed by atoms with Gasteiger partial charge in [-0.1, -0.05) is 0 Å². The van der Waals surface area contributed by atoms with Crippen LogP contribution in [0.4, 0.5) is 17.6 Å². The number of Topliss-reactive ketones (excluding diaryl/α,β-unsaturated/α-hetero) is 1. The van der Waals surface area contributed by atoms with Gasteiger partial charge >= 0.3 is 17.1 Å². The van der Waals surface area contributed by atoms with Gasteiger partial charge in [0.1, 0.15) is 0 Å². The molecule has 2 unspecified atom stereocenters. The highest BCUT2D eigenvalue weighted by atomic mass is 32.2. The fourth-order valence-electron chi connectivity index (χ4n) is 1.54. The molecule has 0 amide bonds. The highest BCUT2D eigenvalue weighted by Gasteiger charge is 2.66. The van der Waals surface area contributed by atoms with Crippen LogP contribution in [0.3, 0.4) is 0 Å². The van der Waals surface area contributed by atoms with Crippen LogP contribution in [0, 0.1) is 0 Å². The minimum atomic E-state index is -5.72. The lowest BCUT2D eigenvalue weighted by molar-refractivity contribution is -0.777. The molecule has 0 saturated heterocycles. The van der Waals surface area contributed by atoms with E-state index in [4.69, 9.17) is 0 Å². The van der Waals surface area contributed by atoms with Crippen LogP contribution in [0.15, 0.2) is 0 Å². The van der Waals surface area contributed by atoms with Crippen LogP contribution in [0.25, 0.3) is 0 Å². The molecule has 20 heavy (non-hydrogen) atoms. The first-order valence-electron chi connectivity index (χ1n) is 5.36. The van der Waals surface area contributed by atoms with E-state index in [2.05, 4.69) is 14.1 Å². The summed E-state index contributed by atoms with van der Waals surface area (Å²) in [4.78, 5) is 22.6. The van der Waals surface area contributed by atoms with E-state index in [0.717, 1.165) is 0 Å². The molecule has 0 aromatic heterocycles. The van der Waals surface area contributed by atoms with Gasteiger partial charge in [0.2, 0.25) is 0 Å². The Kier molecular flexibility index (Phi) is 5.74. The third-order valence-corrected chi connectivity index (χ3v) is 3.30. The summed E-state index contributed by atoms with van der Waals surface area (Å²) >= 11 is -1.18. The molecule has 0 spiro atoms. The zero-order valence-corrected chi connectivity index (χ0v) is 10.6. The Morgan fingerprint density at radius 1 is 1.30 bits per heavy atom. The zero-order valence-electron chi connectivity index (χ0n) is 9.78. The summed E-state index contributed by atoms with van der Waals surface area (Å²) in [6, 6.07) is 0. The summed E-state index contributed by atoms with van der Waals surface area (Å²) in [6.07, 6.45) is -6.11. The van der Waals surface area contributed by atoms with Crippen LogP contribution in [0.2, 0.25) is 0 Å². The largest absolute Gasteiger partial charge is 0.691 e. The Labute approximate surface area is 114 Å². The first-order chi connectivity index (χ1) is 9.22. The molecular formula is C9H9F4O6S-. The maximum absolute atomic E-state index is 13.7. The zero-order chi connectivity index (χ0) is 15.4. The van der Waals surface area contributed by atoms with Gasteiger partial charge < -0.3 is 9.99 Å². The molecule has 6 nitrogen and oxygen atoms in total. The van der Waals surface area contributed by atoms with Gasteiger partial charge in [0.05, 0.1) is 12.0 Å². The van der Waals surface area contributed by atoms with E-state index in [9.17, 15) is 32.4 Å². The van der Waals surface area contributed by atoms with E-state index in [1.165, 1.54) is 0 Å². The molecule has 0 bridgehead atoms. The Morgan fingerprint density at radius 2 is 1.95 bits per heavy atom.